The molecule has 1 fully saturated rings. The van der Waals surface area contributed by atoms with Crippen LogP contribution in [0.5, 0.6) is 0 Å². The molecule has 90 valence electrons. The Morgan fingerprint density at radius 1 is 1.53 bits per heavy atom. The summed E-state index contributed by atoms with van der Waals surface area (Å²) in [6.07, 6.45) is 1.99. The lowest BCUT2D eigenvalue weighted by Crippen LogP contribution is -2.30. The number of rotatable bonds is 3. The number of likely N-dealkylation sites (tertiary alicyclic amines) is 1. The van der Waals surface area contributed by atoms with Crippen LogP contribution in [0.2, 0.25) is 0 Å². The van der Waals surface area contributed by atoms with Crippen molar-refractivity contribution in [2.75, 3.05) is 12.4 Å². The van der Waals surface area contributed by atoms with Crippen molar-refractivity contribution < 1.29 is 9.59 Å². The normalized spacial score (nSPS) is 19.9. The average Bonchev–Trinajstić information content (AvgIpc) is 2.57. The fraction of sp³-hybridized carbons (Fsp3) is 0.417. The second-order valence-corrected chi connectivity index (χ2v) is 4.18. The molecule has 0 aromatic carbocycles. The number of pyridine rings is 1. The van der Waals surface area contributed by atoms with Crippen molar-refractivity contribution in [3.63, 3.8) is 0 Å². The van der Waals surface area contributed by atoms with Crippen LogP contribution >= 0.6 is 0 Å². The number of hydrogen-bond acceptors (Lipinski definition) is 4. The first kappa shape index (κ1) is 11.6. The minimum atomic E-state index is -0.197. The minimum absolute atomic E-state index is 0.0964. The summed E-state index contributed by atoms with van der Waals surface area (Å²) >= 11 is 0. The minimum Gasteiger partial charge on any atom is -0.373 e. The second kappa shape index (κ2) is 4.53. The van der Waals surface area contributed by atoms with Gasteiger partial charge in [-0.3, -0.25) is 14.5 Å². The third-order valence-electron chi connectivity index (χ3n) is 2.93. The van der Waals surface area contributed by atoms with E-state index < -0.39 is 0 Å². The van der Waals surface area contributed by atoms with Crippen molar-refractivity contribution in [1.82, 2.24) is 9.88 Å². The van der Waals surface area contributed by atoms with Crippen LogP contribution in [-0.4, -0.2) is 28.7 Å². The predicted octanol–water partition coefficient (Wildman–Crippen LogP) is 1.02. The fourth-order valence-electron chi connectivity index (χ4n) is 1.98. The zero-order valence-electron chi connectivity index (χ0n) is 9.93. The van der Waals surface area contributed by atoms with Crippen molar-refractivity contribution >= 4 is 17.6 Å². The summed E-state index contributed by atoms with van der Waals surface area (Å²) in [6, 6.07) is 3.66. The molecule has 0 bridgehead atoms. The van der Waals surface area contributed by atoms with Crippen LogP contribution in [0.4, 0.5) is 5.82 Å². The number of nitrogens with one attached hydrogen (secondary N) is 1. The molecule has 5 heteroatoms. The summed E-state index contributed by atoms with van der Waals surface area (Å²) in [6.45, 7) is 2.08. The third kappa shape index (κ3) is 2.13. The van der Waals surface area contributed by atoms with E-state index in [0.717, 1.165) is 5.56 Å². The lowest BCUT2D eigenvalue weighted by molar-refractivity contribution is -0.139. The molecule has 1 aliphatic rings. The van der Waals surface area contributed by atoms with Gasteiger partial charge in [0.25, 0.3) is 0 Å². The lowest BCUT2D eigenvalue weighted by atomic mass is 10.1. The molecule has 1 unspecified atom stereocenters. The molecule has 0 radical (unpaired) electrons. The summed E-state index contributed by atoms with van der Waals surface area (Å²) in [4.78, 5) is 28.9. The smallest absolute Gasteiger partial charge is 0.232 e. The molecule has 1 aromatic rings. The Labute approximate surface area is 99.8 Å². The topological polar surface area (TPSA) is 62.3 Å². The molecule has 1 atom stereocenters. The molecule has 17 heavy (non-hydrogen) atoms. The number of amides is 2. The van der Waals surface area contributed by atoms with E-state index in [1.807, 2.05) is 6.07 Å². The summed E-state index contributed by atoms with van der Waals surface area (Å²) in [5, 5.41) is 2.95. The first-order valence-electron chi connectivity index (χ1n) is 5.59. The Morgan fingerprint density at radius 2 is 2.29 bits per heavy atom. The first-order chi connectivity index (χ1) is 8.13. The van der Waals surface area contributed by atoms with Crippen molar-refractivity contribution in [1.29, 1.82) is 0 Å². The maximum Gasteiger partial charge on any atom is 0.232 e. The van der Waals surface area contributed by atoms with E-state index in [1.54, 1.807) is 26.2 Å². The maximum absolute atomic E-state index is 11.8. The highest BCUT2D eigenvalue weighted by Crippen LogP contribution is 2.23. The molecule has 1 saturated heterocycles. The number of carbonyl (C=O) groups excluding carboxylic acids is 2. The maximum atomic E-state index is 11.8. The highest BCUT2D eigenvalue weighted by Gasteiger charge is 2.35. The zero-order chi connectivity index (χ0) is 12.4. The van der Waals surface area contributed by atoms with Gasteiger partial charge in [0, 0.05) is 31.1 Å². The van der Waals surface area contributed by atoms with E-state index >= 15 is 0 Å². The zero-order valence-corrected chi connectivity index (χ0v) is 9.93. The highest BCUT2D eigenvalue weighted by atomic mass is 16.2. The lowest BCUT2D eigenvalue weighted by Gasteiger charge is -2.16. The van der Waals surface area contributed by atoms with Gasteiger partial charge in [-0.2, -0.15) is 0 Å². The monoisotopic (exact) mass is 233 g/mol. The van der Waals surface area contributed by atoms with E-state index in [0.29, 0.717) is 18.8 Å². The van der Waals surface area contributed by atoms with Crippen LogP contribution in [0.3, 0.4) is 0 Å². The molecular weight excluding hydrogens is 218 g/mol. The molecule has 1 N–H and O–H groups in total. The van der Waals surface area contributed by atoms with Gasteiger partial charge in [-0.05, 0) is 6.07 Å². The molecule has 0 aliphatic carbocycles. The summed E-state index contributed by atoms with van der Waals surface area (Å²) in [7, 11) is 1.77. The molecular formula is C12H15N3O2. The molecule has 5 nitrogen and oxygen atoms in total. The Kier molecular flexibility index (Phi) is 3.08. The Morgan fingerprint density at radius 3 is 2.88 bits per heavy atom. The van der Waals surface area contributed by atoms with Gasteiger partial charge in [-0.1, -0.05) is 13.0 Å². The highest BCUT2D eigenvalue weighted by molar-refractivity contribution is 6.03. The summed E-state index contributed by atoms with van der Waals surface area (Å²) in [5.41, 5.74) is 0.853. The van der Waals surface area contributed by atoms with Gasteiger partial charge >= 0.3 is 0 Å². The van der Waals surface area contributed by atoms with Crippen molar-refractivity contribution in [2.45, 2.75) is 19.9 Å². The van der Waals surface area contributed by atoms with Gasteiger partial charge in [0.1, 0.15) is 5.82 Å². The van der Waals surface area contributed by atoms with Crippen LogP contribution in [0.1, 0.15) is 18.9 Å². The van der Waals surface area contributed by atoms with Crippen LogP contribution in [0, 0.1) is 5.92 Å². The van der Waals surface area contributed by atoms with Crippen LogP contribution in [-0.2, 0) is 16.1 Å². The molecule has 0 spiro atoms. The molecule has 0 saturated carbocycles. The Hall–Kier alpha value is -1.91. The molecule has 2 heterocycles. The molecule has 2 rings (SSSR count). The van der Waals surface area contributed by atoms with E-state index in [1.165, 1.54) is 4.90 Å². The fourth-order valence-corrected chi connectivity index (χ4v) is 1.98. The number of anilines is 1. The van der Waals surface area contributed by atoms with E-state index in [9.17, 15) is 9.59 Å². The summed E-state index contributed by atoms with van der Waals surface area (Å²) < 4.78 is 0. The Balaban J connectivity index is 2.21. The van der Waals surface area contributed by atoms with Crippen molar-refractivity contribution in [3.8, 4) is 0 Å². The van der Waals surface area contributed by atoms with Gasteiger partial charge < -0.3 is 5.32 Å². The quantitative estimate of drug-likeness (QED) is 0.792. The predicted molar refractivity (Wildman–Crippen MR) is 63.1 cm³/mol. The summed E-state index contributed by atoms with van der Waals surface area (Å²) in [5.74, 6) is 0.305. The third-order valence-corrected chi connectivity index (χ3v) is 2.93. The average molecular weight is 233 g/mol. The molecule has 1 aliphatic heterocycles. The van der Waals surface area contributed by atoms with Crippen LogP contribution < -0.4 is 5.32 Å². The number of hydrogen-bond donors (Lipinski definition) is 1. The van der Waals surface area contributed by atoms with E-state index in [-0.39, 0.29) is 17.7 Å². The number of imide groups is 1. The van der Waals surface area contributed by atoms with Crippen LogP contribution in [0.25, 0.3) is 0 Å². The number of nitrogens with zero attached hydrogens (tertiary/aromatic N) is 2. The first-order valence-corrected chi connectivity index (χ1v) is 5.59. The van der Waals surface area contributed by atoms with Gasteiger partial charge in [-0.25, -0.2) is 4.98 Å². The van der Waals surface area contributed by atoms with Crippen molar-refractivity contribution in [2.24, 2.45) is 5.92 Å². The van der Waals surface area contributed by atoms with E-state index in [4.69, 9.17) is 0 Å². The van der Waals surface area contributed by atoms with Gasteiger partial charge in [0.2, 0.25) is 11.8 Å². The molecule has 2 amide bonds. The van der Waals surface area contributed by atoms with Crippen LogP contribution in [0.15, 0.2) is 18.3 Å². The van der Waals surface area contributed by atoms with Gasteiger partial charge in [0.05, 0.1) is 6.54 Å². The van der Waals surface area contributed by atoms with E-state index in [2.05, 4.69) is 10.3 Å². The number of carbonyl (C=O) groups is 2. The standard InChI is InChI=1S/C12H15N3O2/c1-8-6-10(16)15(12(8)17)7-9-4-3-5-14-11(9)13-2/h3-5,8H,6-7H2,1-2H3,(H,13,14). The van der Waals surface area contributed by atoms with Crippen molar-refractivity contribution in [3.05, 3.63) is 23.9 Å². The second-order valence-electron chi connectivity index (χ2n) is 4.18. The van der Waals surface area contributed by atoms with Gasteiger partial charge in [-0.15, -0.1) is 0 Å². The number of aromatic nitrogens is 1. The molecule has 1 aromatic heterocycles. The Bertz CT molecular complexity index is 459. The van der Waals surface area contributed by atoms with Gasteiger partial charge in [0.15, 0.2) is 0 Å². The largest absolute Gasteiger partial charge is 0.373 e. The SMILES string of the molecule is CNc1ncccc1CN1C(=O)CC(C)C1=O.